The lowest BCUT2D eigenvalue weighted by molar-refractivity contribution is -0.163. The van der Waals surface area contributed by atoms with Gasteiger partial charge in [0.1, 0.15) is 6.61 Å². The number of nitrogens with zero attached hydrogens (tertiary/aromatic N) is 1. The molecular formula is C18H26N2O5S. The standard InChI is InChI=1S/C18H26N2O5S/c1-5-20-14(21)11-25-16(15(20)13-9-7-6-8-10-13)17(22)19-26(23,24)12-18(2,3)4/h6-10,15-16H,5,11-12H2,1-4H3,(H,19,22)/t15-,16+/m1/s1. The molecule has 1 aromatic rings. The highest BCUT2D eigenvalue weighted by molar-refractivity contribution is 7.90. The molecule has 1 heterocycles. The van der Waals surface area contributed by atoms with Gasteiger partial charge in [0.25, 0.3) is 5.91 Å². The first kappa shape index (κ1) is 20.4. The van der Waals surface area contributed by atoms with Gasteiger partial charge in [-0.05, 0) is 17.9 Å². The molecule has 8 heteroatoms. The second-order valence-electron chi connectivity index (χ2n) is 7.55. The molecule has 0 unspecified atom stereocenters. The van der Waals surface area contributed by atoms with E-state index in [9.17, 15) is 18.0 Å². The molecule has 0 aliphatic carbocycles. The van der Waals surface area contributed by atoms with Crippen molar-refractivity contribution in [3.63, 3.8) is 0 Å². The van der Waals surface area contributed by atoms with Crippen LogP contribution in [-0.4, -0.2) is 50.1 Å². The normalized spacial score (nSPS) is 21.5. The lowest BCUT2D eigenvalue weighted by Crippen LogP contribution is -2.55. The maximum Gasteiger partial charge on any atom is 0.265 e. The highest BCUT2D eigenvalue weighted by Crippen LogP contribution is 2.30. The SMILES string of the molecule is CCN1C(=O)CO[C@H](C(=O)NS(=O)(=O)CC(C)(C)C)[C@H]1c1ccccc1. The van der Waals surface area contributed by atoms with E-state index in [0.717, 1.165) is 5.56 Å². The van der Waals surface area contributed by atoms with Crippen LogP contribution in [0.4, 0.5) is 0 Å². The topological polar surface area (TPSA) is 92.8 Å². The highest BCUT2D eigenvalue weighted by atomic mass is 32.2. The molecule has 26 heavy (non-hydrogen) atoms. The first-order valence-electron chi connectivity index (χ1n) is 8.54. The Morgan fingerprint density at radius 1 is 1.27 bits per heavy atom. The minimum absolute atomic E-state index is 0.190. The van der Waals surface area contributed by atoms with Gasteiger partial charge in [-0.25, -0.2) is 8.42 Å². The zero-order valence-corrected chi connectivity index (χ0v) is 16.4. The predicted molar refractivity (Wildman–Crippen MR) is 97.7 cm³/mol. The predicted octanol–water partition coefficient (Wildman–Crippen LogP) is 1.47. The van der Waals surface area contributed by atoms with E-state index < -0.39 is 33.5 Å². The van der Waals surface area contributed by atoms with Crippen LogP contribution in [0.15, 0.2) is 30.3 Å². The molecule has 0 radical (unpaired) electrons. The van der Waals surface area contributed by atoms with Gasteiger partial charge in [0.05, 0.1) is 11.8 Å². The van der Waals surface area contributed by atoms with Crippen LogP contribution < -0.4 is 4.72 Å². The van der Waals surface area contributed by atoms with E-state index in [4.69, 9.17) is 4.74 Å². The molecule has 1 aromatic carbocycles. The number of nitrogens with one attached hydrogen (secondary N) is 1. The molecule has 1 N–H and O–H groups in total. The van der Waals surface area contributed by atoms with Gasteiger partial charge in [0.2, 0.25) is 15.9 Å². The summed E-state index contributed by atoms with van der Waals surface area (Å²) in [5.41, 5.74) is 0.222. The number of hydrogen-bond donors (Lipinski definition) is 1. The van der Waals surface area contributed by atoms with Crippen LogP contribution in [0.1, 0.15) is 39.3 Å². The largest absolute Gasteiger partial charge is 0.356 e. The maximum atomic E-state index is 12.7. The summed E-state index contributed by atoms with van der Waals surface area (Å²) in [6, 6.07) is 8.33. The zero-order chi connectivity index (χ0) is 19.5. The number of benzene rings is 1. The molecule has 1 aliphatic heterocycles. The van der Waals surface area contributed by atoms with E-state index in [2.05, 4.69) is 4.72 Å². The van der Waals surface area contributed by atoms with Crippen LogP contribution in [0.5, 0.6) is 0 Å². The fourth-order valence-corrected chi connectivity index (χ4v) is 4.70. The van der Waals surface area contributed by atoms with E-state index >= 15 is 0 Å². The van der Waals surface area contributed by atoms with Gasteiger partial charge in [-0.2, -0.15) is 0 Å². The minimum atomic E-state index is -3.81. The summed E-state index contributed by atoms with van der Waals surface area (Å²) in [5, 5.41) is 0. The van der Waals surface area contributed by atoms with Crippen molar-refractivity contribution in [2.75, 3.05) is 18.9 Å². The average Bonchev–Trinajstić information content (AvgIpc) is 2.52. The summed E-state index contributed by atoms with van der Waals surface area (Å²) in [6.07, 6.45) is -1.09. The van der Waals surface area contributed by atoms with Crippen molar-refractivity contribution in [3.05, 3.63) is 35.9 Å². The molecule has 1 aliphatic rings. The van der Waals surface area contributed by atoms with Gasteiger partial charge >= 0.3 is 0 Å². The number of sulfonamides is 1. The molecule has 0 bridgehead atoms. The number of hydrogen-bond acceptors (Lipinski definition) is 5. The van der Waals surface area contributed by atoms with Gasteiger partial charge in [0, 0.05) is 6.54 Å². The quantitative estimate of drug-likeness (QED) is 0.832. The van der Waals surface area contributed by atoms with Crippen LogP contribution >= 0.6 is 0 Å². The molecular weight excluding hydrogens is 356 g/mol. The van der Waals surface area contributed by atoms with Gasteiger partial charge in [-0.1, -0.05) is 51.1 Å². The van der Waals surface area contributed by atoms with Crippen molar-refractivity contribution in [1.82, 2.24) is 9.62 Å². The van der Waals surface area contributed by atoms with Crippen molar-refractivity contribution in [2.45, 2.75) is 39.8 Å². The third-order valence-electron chi connectivity index (χ3n) is 3.95. The zero-order valence-electron chi connectivity index (χ0n) is 15.6. The van der Waals surface area contributed by atoms with E-state index in [0.29, 0.717) is 6.54 Å². The van der Waals surface area contributed by atoms with Crippen molar-refractivity contribution in [2.24, 2.45) is 5.41 Å². The minimum Gasteiger partial charge on any atom is -0.356 e. The molecule has 7 nitrogen and oxygen atoms in total. The number of carbonyl (C=O) groups is 2. The van der Waals surface area contributed by atoms with Crippen molar-refractivity contribution < 1.29 is 22.7 Å². The number of carbonyl (C=O) groups excluding carboxylic acids is 2. The first-order chi connectivity index (χ1) is 12.0. The Bertz CT molecular complexity index is 756. The Morgan fingerprint density at radius 3 is 2.42 bits per heavy atom. The summed E-state index contributed by atoms with van der Waals surface area (Å²) in [6.45, 7) is 7.27. The molecule has 0 aromatic heterocycles. The summed E-state index contributed by atoms with van der Waals surface area (Å²) in [4.78, 5) is 26.4. The molecule has 1 saturated heterocycles. The van der Waals surface area contributed by atoms with Crippen LogP contribution in [0.3, 0.4) is 0 Å². The molecule has 0 spiro atoms. The molecule has 144 valence electrons. The van der Waals surface area contributed by atoms with Crippen LogP contribution in [0.2, 0.25) is 0 Å². The average molecular weight is 382 g/mol. The number of morpholine rings is 1. The monoisotopic (exact) mass is 382 g/mol. The van der Waals surface area contributed by atoms with Gasteiger partial charge in [0.15, 0.2) is 6.10 Å². The van der Waals surface area contributed by atoms with Crippen LogP contribution in [-0.2, 0) is 24.3 Å². The summed E-state index contributed by atoms with van der Waals surface area (Å²) in [7, 11) is -3.81. The van der Waals surface area contributed by atoms with Crippen LogP contribution in [0.25, 0.3) is 0 Å². The fourth-order valence-electron chi connectivity index (χ4n) is 3.07. The second kappa shape index (κ2) is 7.75. The second-order valence-corrected chi connectivity index (χ2v) is 9.28. The first-order valence-corrected chi connectivity index (χ1v) is 10.2. The Morgan fingerprint density at radius 2 is 1.88 bits per heavy atom. The summed E-state index contributed by atoms with van der Waals surface area (Å²) < 4.78 is 32.2. The number of likely N-dealkylation sites (N-methyl/N-ethyl adjacent to an activating group) is 1. The van der Waals surface area contributed by atoms with Gasteiger partial charge in [-0.3, -0.25) is 14.3 Å². The number of rotatable bonds is 5. The molecule has 2 rings (SSSR count). The van der Waals surface area contributed by atoms with E-state index in [1.807, 2.05) is 13.0 Å². The summed E-state index contributed by atoms with van der Waals surface area (Å²) in [5.74, 6) is -1.18. The Kier molecular flexibility index (Phi) is 6.08. The van der Waals surface area contributed by atoms with E-state index in [-0.39, 0.29) is 18.3 Å². The number of ether oxygens (including phenoxy) is 1. The smallest absolute Gasteiger partial charge is 0.265 e. The summed E-state index contributed by atoms with van der Waals surface area (Å²) >= 11 is 0. The third kappa shape index (κ3) is 5.04. The highest BCUT2D eigenvalue weighted by Gasteiger charge is 2.42. The molecule has 0 saturated carbocycles. The van der Waals surface area contributed by atoms with Gasteiger partial charge < -0.3 is 9.64 Å². The lowest BCUT2D eigenvalue weighted by atomic mass is 9.97. The van der Waals surface area contributed by atoms with Crippen LogP contribution in [0, 0.1) is 5.41 Å². The third-order valence-corrected chi connectivity index (χ3v) is 5.71. The lowest BCUT2D eigenvalue weighted by Gasteiger charge is -2.40. The van der Waals surface area contributed by atoms with Crippen molar-refractivity contribution >= 4 is 21.8 Å². The molecule has 2 amide bonds. The van der Waals surface area contributed by atoms with Gasteiger partial charge in [-0.15, -0.1) is 0 Å². The van der Waals surface area contributed by atoms with E-state index in [1.165, 1.54) is 0 Å². The van der Waals surface area contributed by atoms with Crippen molar-refractivity contribution in [3.8, 4) is 0 Å². The molecule has 1 fully saturated rings. The van der Waals surface area contributed by atoms with E-state index in [1.54, 1.807) is 49.9 Å². The Labute approximate surface area is 154 Å². The van der Waals surface area contributed by atoms with Crippen molar-refractivity contribution in [1.29, 1.82) is 0 Å². The molecule has 2 atom stereocenters. The number of amides is 2. The maximum absolute atomic E-state index is 12.7. The Balaban J connectivity index is 2.30. The Hall–Kier alpha value is -1.93. The fraction of sp³-hybridized carbons (Fsp3) is 0.556.